The summed E-state index contributed by atoms with van der Waals surface area (Å²) < 4.78 is 0.775. The maximum Gasteiger partial charge on any atom is 0.148 e. The molecular formula is C16H18BrN3O. The van der Waals surface area contributed by atoms with Gasteiger partial charge in [-0.15, -0.1) is 0 Å². The molecule has 110 valence electrons. The van der Waals surface area contributed by atoms with E-state index >= 15 is 0 Å². The van der Waals surface area contributed by atoms with Gasteiger partial charge in [-0.2, -0.15) is 0 Å². The summed E-state index contributed by atoms with van der Waals surface area (Å²) in [7, 11) is 0. The van der Waals surface area contributed by atoms with E-state index < -0.39 is 6.10 Å². The van der Waals surface area contributed by atoms with Gasteiger partial charge in [-0.25, -0.2) is 9.97 Å². The third kappa shape index (κ3) is 2.68. The van der Waals surface area contributed by atoms with Crippen molar-refractivity contribution in [1.29, 1.82) is 0 Å². The summed E-state index contributed by atoms with van der Waals surface area (Å²) in [5.41, 5.74) is 4.09. The minimum Gasteiger partial charge on any atom is -0.390 e. The van der Waals surface area contributed by atoms with Crippen LogP contribution in [0.25, 0.3) is 0 Å². The number of halogens is 1. The van der Waals surface area contributed by atoms with E-state index in [0.29, 0.717) is 6.42 Å². The molecule has 4 nitrogen and oxygen atoms in total. The van der Waals surface area contributed by atoms with E-state index in [1.54, 1.807) is 0 Å². The van der Waals surface area contributed by atoms with Gasteiger partial charge in [-0.3, -0.25) is 0 Å². The van der Waals surface area contributed by atoms with Gasteiger partial charge in [0, 0.05) is 6.42 Å². The van der Waals surface area contributed by atoms with Crippen LogP contribution in [0.4, 0.5) is 5.82 Å². The van der Waals surface area contributed by atoms with Crippen molar-refractivity contribution >= 4 is 21.7 Å². The second-order valence-electron chi connectivity index (χ2n) is 5.34. The third-order valence-corrected chi connectivity index (χ3v) is 4.67. The molecule has 1 aromatic heterocycles. The lowest BCUT2D eigenvalue weighted by molar-refractivity contribution is 0.165. The average molecular weight is 348 g/mol. The number of aromatic nitrogens is 2. The first kappa shape index (κ1) is 14.5. The van der Waals surface area contributed by atoms with E-state index in [0.717, 1.165) is 33.8 Å². The van der Waals surface area contributed by atoms with Gasteiger partial charge in [-0.05, 0) is 40.4 Å². The number of aliphatic hydroxyl groups excluding tert-OH is 1. The number of fused-ring (bicyclic) bond motifs is 1. The van der Waals surface area contributed by atoms with Crippen LogP contribution in [0.2, 0.25) is 0 Å². The van der Waals surface area contributed by atoms with Crippen molar-refractivity contribution in [2.75, 3.05) is 5.32 Å². The fourth-order valence-electron chi connectivity index (χ4n) is 2.79. The first-order valence-corrected chi connectivity index (χ1v) is 7.95. The molecule has 0 fully saturated rings. The van der Waals surface area contributed by atoms with Gasteiger partial charge in [0.2, 0.25) is 0 Å². The molecular weight excluding hydrogens is 330 g/mol. The van der Waals surface area contributed by atoms with Crippen molar-refractivity contribution in [3.63, 3.8) is 0 Å². The van der Waals surface area contributed by atoms with Gasteiger partial charge in [0.1, 0.15) is 10.4 Å². The molecule has 1 aromatic carbocycles. The van der Waals surface area contributed by atoms with E-state index in [1.807, 2.05) is 19.1 Å². The number of aliphatic hydroxyl groups is 1. The average Bonchev–Trinajstić information content (AvgIpc) is 2.79. The van der Waals surface area contributed by atoms with E-state index in [-0.39, 0.29) is 6.04 Å². The smallest absolute Gasteiger partial charge is 0.148 e. The van der Waals surface area contributed by atoms with Crippen LogP contribution in [0.3, 0.4) is 0 Å². The predicted molar refractivity (Wildman–Crippen MR) is 86.4 cm³/mol. The molecule has 3 rings (SSSR count). The Hall–Kier alpha value is -1.46. The molecule has 2 aromatic rings. The van der Waals surface area contributed by atoms with Gasteiger partial charge in [0.15, 0.2) is 0 Å². The number of rotatable bonds is 3. The van der Waals surface area contributed by atoms with Crippen LogP contribution in [0, 0.1) is 6.92 Å². The van der Waals surface area contributed by atoms with Crippen LogP contribution in [-0.4, -0.2) is 21.2 Å². The van der Waals surface area contributed by atoms with Crippen molar-refractivity contribution in [3.8, 4) is 0 Å². The zero-order valence-corrected chi connectivity index (χ0v) is 13.7. The lowest BCUT2D eigenvalue weighted by Crippen LogP contribution is -2.23. The maximum atomic E-state index is 10.3. The number of aryl methyl sites for hydroxylation is 2. The third-order valence-electron chi connectivity index (χ3n) is 3.92. The summed E-state index contributed by atoms with van der Waals surface area (Å²) >= 11 is 3.42. The van der Waals surface area contributed by atoms with Gasteiger partial charge < -0.3 is 10.4 Å². The second kappa shape index (κ2) is 5.73. The lowest BCUT2D eigenvalue weighted by atomic mass is 10.1. The molecule has 0 amide bonds. The summed E-state index contributed by atoms with van der Waals surface area (Å²) in [5.74, 6) is 0.763. The first-order chi connectivity index (χ1) is 10.1. The van der Waals surface area contributed by atoms with Crippen LogP contribution in [-0.2, 0) is 12.8 Å². The Kier molecular flexibility index (Phi) is 3.95. The number of anilines is 1. The van der Waals surface area contributed by atoms with Gasteiger partial charge in [-0.1, -0.05) is 31.2 Å². The summed E-state index contributed by atoms with van der Waals surface area (Å²) in [6.07, 6.45) is 1.04. The van der Waals surface area contributed by atoms with E-state index in [9.17, 15) is 5.11 Å². The highest BCUT2D eigenvalue weighted by Crippen LogP contribution is 2.34. The van der Waals surface area contributed by atoms with Crippen molar-refractivity contribution in [2.45, 2.75) is 38.8 Å². The lowest BCUT2D eigenvalue weighted by Gasteiger charge is -2.20. The molecule has 0 aliphatic heterocycles. The van der Waals surface area contributed by atoms with Gasteiger partial charge in [0.25, 0.3) is 0 Å². The van der Waals surface area contributed by atoms with Gasteiger partial charge in [0.05, 0.1) is 23.5 Å². The summed E-state index contributed by atoms with van der Waals surface area (Å²) in [5, 5.41) is 13.7. The number of hydrogen-bond acceptors (Lipinski definition) is 4. The molecule has 0 bridgehead atoms. The Bertz CT molecular complexity index is 675. The molecule has 0 saturated heterocycles. The van der Waals surface area contributed by atoms with E-state index in [4.69, 9.17) is 0 Å². The zero-order chi connectivity index (χ0) is 15.0. The summed E-state index contributed by atoms with van der Waals surface area (Å²) in [4.78, 5) is 9.11. The molecule has 2 N–H and O–H groups in total. The number of nitrogens with zero attached hydrogens (tertiary/aromatic N) is 2. The topological polar surface area (TPSA) is 58.0 Å². The quantitative estimate of drug-likeness (QED) is 0.895. The Labute approximate surface area is 132 Å². The Morgan fingerprint density at radius 1 is 1.33 bits per heavy atom. The molecule has 1 aliphatic rings. The highest BCUT2D eigenvalue weighted by Gasteiger charge is 2.31. The van der Waals surface area contributed by atoms with Crippen molar-refractivity contribution in [3.05, 3.63) is 51.4 Å². The zero-order valence-electron chi connectivity index (χ0n) is 12.1. The van der Waals surface area contributed by atoms with Crippen molar-refractivity contribution < 1.29 is 5.11 Å². The first-order valence-electron chi connectivity index (χ1n) is 7.15. The monoisotopic (exact) mass is 347 g/mol. The Morgan fingerprint density at radius 2 is 2.10 bits per heavy atom. The highest BCUT2D eigenvalue weighted by molar-refractivity contribution is 9.10. The normalized spacial score (nSPS) is 20.4. The molecule has 0 unspecified atom stereocenters. The Balaban J connectivity index is 1.96. The van der Waals surface area contributed by atoms with E-state index in [2.05, 4.69) is 50.3 Å². The molecule has 1 heterocycles. The van der Waals surface area contributed by atoms with E-state index in [1.165, 1.54) is 5.56 Å². The van der Waals surface area contributed by atoms with Crippen LogP contribution < -0.4 is 5.32 Å². The molecule has 0 spiro atoms. The number of benzene rings is 1. The SMILES string of the molecule is CCc1nc(Br)c(C)nc1N[C@@H]1c2ccccc2C[C@@H]1O. The molecule has 1 aliphatic carbocycles. The largest absolute Gasteiger partial charge is 0.390 e. The molecule has 0 radical (unpaired) electrons. The number of nitrogens with one attached hydrogen (secondary N) is 1. The van der Waals surface area contributed by atoms with Crippen LogP contribution in [0.5, 0.6) is 0 Å². The second-order valence-corrected chi connectivity index (χ2v) is 6.09. The maximum absolute atomic E-state index is 10.3. The van der Waals surface area contributed by atoms with Crippen molar-refractivity contribution in [1.82, 2.24) is 9.97 Å². The summed E-state index contributed by atoms with van der Waals surface area (Å²) in [6.45, 7) is 3.97. The minimum absolute atomic E-state index is 0.124. The van der Waals surface area contributed by atoms with Gasteiger partial charge >= 0.3 is 0 Å². The standard InChI is InChI=1S/C16H18BrN3O/c1-3-12-16(18-9(2)15(17)19-12)20-14-11-7-5-4-6-10(11)8-13(14)21/h4-7,13-14,21H,3,8H2,1-2H3,(H,18,20)/t13-,14+/m0/s1. The fourth-order valence-corrected chi connectivity index (χ4v) is 3.09. The van der Waals surface area contributed by atoms with Crippen molar-refractivity contribution in [2.24, 2.45) is 0 Å². The van der Waals surface area contributed by atoms with Crippen LogP contribution in [0.1, 0.15) is 35.5 Å². The highest BCUT2D eigenvalue weighted by atomic mass is 79.9. The minimum atomic E-state index is -0.433. The molecule has 0 saturated carbocycles. The van der Waals surface area contributed by atoms with Crippen LogP contribution in [0.15, 0.2) is 28.9 Å². The summed E-state index contributed by atoms with van der Waals surface area (Å²) in [6, 6.07) is 8.02. The molecule has 21 heavy (non-hydrogen) atoms. The molecule has 5 heteroatoms. The van der Waals surface area contributed by atoms with Crippen LogP contribution >= 0.6 is 15.9 Å². The predicted octanol–water partition coefficient (Wildman–Crippen LogP) is 3.18. The number of hydrogen-bond donors (Lipinski definition) is 2. The Morgan fingerprint density at radius 3 is 2.86 bits per heavy atom. The molecule has 2 atom stereocenters. The fraction of sp³-hybridized carbons (Fsp3) is 0.375.